The normalized spacial score (nSPS) is 10.4. The number of rotatable bonds is 8. The summed E-state index contributed by atoms with van der Waals surface area (Å²) in [6.45, 7) is 4.40. The van der Waals surface area contributed by atoms with Crippen LogP contribution in [0, 0.1) is 0 Å². The van der Waals surface area contributed by atoms with Gasteiger partial charge in [-0.2, -0.15) is 0 Å². The van der Waals surface area contributed by atoms with Gasteiger partial charge in [-0.05, 0) is 12.8 Å². The van der Waals surface area contributed by atoms with Crippen molar-refractivity contribution in [3.8, 4) is 0 Å². The maximum absolute atomic E-state index is 5.27. The van der Waals surface area contributed by atoms with Crippen LogP contribution in [-0.2, 0) is 3.63 Å². The van der Waals surface area contributed by atoms with E-state index in [4.69, 9.17) is 3.63 Å². The van der Waals surface area contributed by atoms with Crippen molar-refractivity contribution in [3.63, 3.8) is 0 Å². The molecule has 1 nitrogen and oxygen atoms in total. The molecule has 0 atom stereocenters. The Labute approximate surface area is 79.1 Å². The van der Waals surface area contributed by atoms with Crippen molar-refractivity contribution in [2.75, 3.05) is 11.5 Å². The highest BCUT2D eigenvalue weighted by molar-refractivity contribution is 8.07. The minimum atomic E-state index is 1.13. The molecule has 0 aromatic rings. The molecule has 0 aliphatic carbocycles. The van der Waals surface area contributed by atoms with E-state index < -0.39 is 0 Å². The van der Waals surface area contributed by atoms with Crippen molar-refractivity contribution in [1.82, 2.24) is 0 Å². The van der Waals surface area contributed by atoms with Gasteiger partial charge in [0.15, 0.2) is 0 Å². The average molecular weight is 194 g/mol. The van der Waals surface area contributed by atoms with E-state index in [0.29, 0.717) is 0 Å². The van der Waals surface area contributed by atoms with Gasteiger partial charge in [0.2, 0.25) is 0 Å². The number of hydrogen-bond donors (Lipinski definition) is 0. The molecular weight excluding hydrogens is 176 g/mol. The van der Waals surface area contributed by atoms with Gasteiger partial charge < -0.3 is 0 Å². The van der Waals surface area contributed by atoms with Crippen LogP contribution in [0.5, 0.6) is 0 Å². The van der Waals surface area contributed by atoms with Crippen LogP contribution in [0.25, 0.3) is 0 Å². The van der Waals surface area contributed by atoms with E-state index in [2.05, 4.69) is 13.8 Å². The molecule has 0 saturated heterocycles. The molecule has 68 valence electrons. The SMILES string of the molecule is CCCCSOSCCCC. The predicted molar refractivity (Wildman–Crippen MR) is 55.8 cm³/mol. The molecule has 0 unspecified atom stereocenters. The summed E-state index contributed by atoms with van der Waals surface area (Å²) in [7, 11) is 0. The van der Waals surface area contributed by atoms with Crippen LogP contribution >= 0.6 is 24.1 Å². The monoisotopic (exact) mass is 194 g/mol. The molecule has 11 heavy (non-hydrogen) atoms. The van der Waals surface area contributed by atoms with Gasteiger partial charge in [-0.1, -0.05) is 26.7 Å². The van der Waals surface area contributed by atoms with Gasteiger partial charge in [-0.3, -0.25) is 0 Å². The summed E-state index contributed by atoms with van der Waals surface area (Å²) >= 11 is 3.18. The summed E-state index contributed by atoms with van der Waals surface area (Å²) in [5.74, 6) is 2.27. The molecule has 0 aliphatic heterocycles. The first-order chi connectivity index (χ1) is 5.41. The van der Waals surface area contributed by atoms with E-state index in [1.807, 2.05) is 0 Å². The fourth-order valence-electron chi connectivity index (χ4n) is 0.509. The summed E-state index contributed by atoms with van der Waals surface area (Å²) in [4.78, 5) is 0. The van der Waals surface area contributed by atoms with Crippen LogP contribution in [0.3, 0.4) is 0 Å². The average Bonchev–Trinajstić information content (AvgIpc) is 2.03. The maximum Gasteiger partial charge on any atom is 0.0210 e. The third-order valence-corrected chi connectivity index (χ3v) is 2.94. The second kappa shape index (κ2) is 10.7. The lowest BCUT2D eigenvalue weighted by atomic mass is 10.4. The first-order valence-corrected chi connectivity index (χ1v) is 6.15. The third kappa shape index (κ3) is 10.7. The minimum absolute atomic E-state index is 1.13. The molecule has 0 aliphatic rings. The first kappa shape index (κ1) is 11.7. The van der Waals surface area contributed by atoms with Crippen molar-refractivity contribution in [2.24, 2.45) is 0 Å². The molecule has 0 radical (unpaired) electrons. The molecule has 0 aromatic heterocycles. The second-order valence-electron chi connectivity index (χ2n) is 2.42. The zero-order valence-corrected chi connectivity index (χ0v) is 9.10. The molecule has 0 saturated carbocycles. The van der Waals surface area contributed by atoms with E-state index in [-0.39, 0.29) is 0 Å². The Morgan fingerprint density at radius 3 is 1.73 bits per heavy atom. The lowest BCUT2D eigenvalue weighted by Crippen LogP contribution is -1.79. The topological polar surface area (TPSA) is 9.23 Å². The first-order valence-electron chi connectivity index (χ1n) is 4.32. The Kier molecular flexibility index (Phi) is 11.3. The summed E-state index contributed by atoms with van der Waals surface area (Å²) < 4.78 is 5.27. The number of hydrogen-bond acceptors (Lipinski definition) is 3. The number of unbranched alkanes of at least 4 members (excludes halogenated alkanes) is 2. The lowest BCUT2D eigenvalue weighted by molar-refractivity contribution is 0.740. The van der Waals surface area contributed by atoms with Crippen molar-refractivity contribution in [2.45, 2.75) is 39.5 Å². The van der Waals surface area contributed by atoms with Gasteiger partial charge in [0.05, 0.1) is 0 Å². The Morgan fingerprint density at radius 2 is 1.36 bits per heavy atom. The second-order valence-corrected chi connectivity index (χ2v) is 4.25. The fourth-order valence-corrected chi connectivity index (χ4v) is 2.14. The van der Waals surface area contributed by atoms with Gasteiger partial charge in [-0.15, -0.1) is 0 Å². The Hall–Kier alpha value is 0.660. The van der Waals surface area contributed by atoms with Gasteiger partial charge >= 0.3 is 0 Å². The Bertz CT molecular complexity index is 61.1. The van der Waals surface area contributed by atoms with Crippen molar-refractivity contribution in [3.05, 3.63) is 0 Å². The van der Waals surface area contributed by atoms with Crippen LogP contribution in [0.4, 0.5) is 0 Å². The van der Waals surface area contributed by atoms with E-state index in [9.17, 15) is 0 Å². The lowest BCUT2D eigenvalue weighted by Gasteiger charge is -1.98. The minimum Gasteiger partial charge on any atom is -0.247 e. The molecular formula is C8H18OS2. The van der Waals surface area contributed by atoms with E-state index in [0.717, 1.165) is 11.5 Å². The van der Waals surface area contributed by atoms with Crippen LogP contribution in [0.2, 0.25) is 0 Å². The highest BCUT2D eigenvalue weighted by Crippen LogP contribution is 2.17. The molecule has 0 spiro atoms. The smallest absolute Gasteiger partial charge is 0.0210 e. The molecule has 0 heterocycles. The van der Waals surface area contributed by atoms with Crippen LogP contribution in [-0.4, -0.2) is 11.5 Å². The predicted octanol–water partition coefficient (Wildman–Crippen LogP) is 3.90. The molecule has 0 rings (SSSR count). The highest BCUT2D eigenvalue weighted by atomic mass is 32.2. The van der Waals surface area contributed by atoms with Crippen LogP contribution < -0.4 is 0 Å². The zero-order chi connectivity index (χ0) is 8.36. The summed E-state index contributed by atoms with van der Waals surface area (Å²) in [6.07, 6.45) is 5.05. The van der Waals surface area contributed by atoms with E-state index in [1.165, 1.54) is 25.7 Å². The summed E-state index contributed by atoms with van der Waals surface area (Å²) in [5, 5.41) is 0. The molecule has 0 N–H and O–H groups in total. The molecule has 3 heteroatoms. The van der Waals surface area contributed by atoms with Gasteiger partial charge in [-0.25, -0.2) is 3.63 Å². The molecule has 0 amide bonds. The quantitative estimate of drug-likeness (QED) is 0.428. The largest absolute Gasteiger partial charge is 0.247 e. The molecule has 0 fully saturated rings. The Morgan fingerprint density at radius 1 is 0.909 bits per heavy atom. The standard InChI is InChI=1S/C8H18OS2/c1-3-5-7-10-9-11-8-6-4-2/h3-8H2,1-2H3. The van der Waals surface area contributed by atoms with E-state index in [1.54, 1.807) is 24.1 Å². The van der Waals surface area contributed by atoms with E-state index >= 15 is 0 Å². The van der Waals surface area contributed by atoms with Gasteiger partial charge in [0.1, 0.15) is 0 Å². The maximum atomic E-state index is 5.27. The molecule has 0 aromatic carbocycles. The fraction of sp³-hybridized carbons (Fsp3) is 1.00. The third-order valence-electron chi connectivity index (χ3n) is 1.26. The zero-order valence-electron chi connectivity index (χ0n) is 7.47. The Balaban J connectivity index is 2.69. The summed E-state index contributed by atoms with van der Waals surface area (Å²) in [5.41, 5.74) is 0. The van der Waals surface area contributed by atoms with Crippen molar-refractivity contribution in [1.29, 1.82) is 0 Å². The van der Waals surface area contributed by atoms with Crippen LogP contribution in [0.15, 0.2) is 0 Å². The molecule has 0 bridgehead atoms. The van der Waals surface area contributed by atoms with Gasteiger partial charge in [0.25, 0.3) is 0 Å². The van der Waals surface area contributed by atoms with Crippen molar-refractivity contribution < 1.29 is 3.63 Å². The summed E-state index contributed by atoms with van der Waals surface area (Å²) in [6, 6.07) is 0. The van der Waals surface area contributed by atoms with Crippen LogP contribution in [0.1, 0.15) is 39.5 Å². The van der Waals surface area contributed by atoms with Crippen molar-refractivity contribution >= 4 is 24.1 Å². The highest BCUT2D eigenvalue weighted by Gasteiger charge is 1.90. The van der Waals surface area contributed by atoms with Gasteiger partial charge in [0, 0.05) is 35.6 Å².